The molecule has 0 radical (unpaired) electrons. The monoisotopic (exact) mass is 477 g/mol. The molecule has 180 valence electrons. The molecule has 0 aliphatic heterocycles. The number of nitrogens with zero attached hydrogens (tertiary/aromatic N) is 4. The first-order valence-electron chi connectivity index (χ1n) is 10.2. The standard InChI is InChI=1S/C22H22F3N5O4/c1-14-3-5-15(6-4-14)7-9-18(31)26-11-12-34-21(32)16-13-27-30(20(16)22(23,24)25)17-8-10-19(33-2)29-28-17/h3-6,8,10,13H,7,9,11-12H2,1-2H3,(H,26,31). The summed E-state index contributed by atoms with van der Waals surface area (Å²) in [4.78, 5) is 24.2. The third-order valence-corrected chi connectivity index (χ3v) is 4.73. The summed E-state index contributed by atoms with van der Waals surface area (Å²) in [6.07, 6.45) is -3.41. The van der Waals surface area contributed by atoms with Crippen LogP contribution < -0.4 is 10.1 Å². The molecule has 0 aliphatic carbocycles. The minimum absolute atomic E-state index is 0.0437. The molecule has 0 saturated heterocycles. The predicted molar refractivity (Wildman–Crippen MR) is 114 cm³/mol. The summed E-state index contributed by atoms with van der Waals surface area (Å²) in [6.45, 7) is 1.62. The van der Waals surface area contributed by atoms with E-state index in [9.17, 15) is 22.8 Å². The smallest absolute Gasteiger partial charge is 0.434 e. The van der Waals surface area contributed by atoms with Gasteiger partial charge in [-0.25, -0.2) is 9.48 Å². The predicted octanol–water partition coefficient (Wildman–Crippen LogP) is 2.90. The van der Waals surface area contributed by atoms with E-state index in [4.69, 9.17) is 9.47 Å². The number of carbonyl (C=O) groups is 2. The zero-order chi connectivity index (χ0) is 24.7. The minimum Gasteiger partial charge on any atom is -0.480 e. The molecule has 1 aromatic carbocycles. The van der Waals surface area contributed by atoms with Gasteiger partial charge in [-0.1, -0.05) is 29.8 Å². The van der Waals surface area contributed by atoms with Crippen LogP contribution >= 0.6 is 0 Å². The maximum Gasteiger partial charge on any atom is 0.434 e. The number of aromatic nitrogens is 4. The highest BCUT2D eigenvalue weighted by atomic mass is 19.4. The number of methoxy groups -OCH3 is 1. The number of amides is 1. The number of hydrogen-bond donors (Lipinski definition) is 1. The summed E-state index contributed by atoms with van der Waals surface area (Å²) in [5.41, 5.74) is -0.00787. The number of alkyl halides is 3. The molecule has 12 heteroatoms. The lowest BCUT2D eigenvalue weighted by molar-refractivity contribution is -0.143. The Hall–Kier alpha value is -3.96. The number of rotatable bonds is 9. The number of ether oxygens (including phenoxy) is 2. The molecule has 1 amide bonds. The fraction of sp³-hybridized carbons (Fsp3) is 0.318. The van der Waals surface area contributed by atoms with Gasteiger partial charge in [0.15, 0.2) is 11.5 Å². The van der Waals surface area contributed by atoms with Crippen molar-refractivity contribution in [2.45, 2.75) is 25.9 Å². The number of carbonyl (C=O) groups excluding carboxylic acids is 2. The maximum absolute atomic E-state index is 13.7. The second-order valence-electron chi connectivity index (χ2n) is 7.22. The quantitative estimate of drug-likeness (QED) is 0.373. The molecule has 0 aliphatic rings. The van der Waals surface area contributed by atoms with Gasteiger partial charge >= 0.3 is 12.1 Å². The van der Waals surface area contributed by atoms with Gasteiger partial charge in [0.05, 0.1) is 19.9 Å². The van der Waals surface area contributed by atoms with E-state index in [1.165, 1.54) is 19.2 Å². The molecule has 9 nitrogen and oxygen atoms in total. The Bertz CT molecular complexity index is 1130. The van der Waals surface area contributed by atoms with Crippen LogP contribution in [0.25, 0.3) is 5.82 Å². The average Bonchev–Trinajstić information content (AvgIpc) is 3.27. The van der Waals surface area contributed by atoms with Gasteiger partial charge in [0.25, 0.3) is 0 Å². The van der Waals surface area contributed by atoms with E-state index in [1.54, 1.807) is 0 Å². The Morgan fingerprint density at radius 3 is 2.44 bits per heavy atom. The van der Waals surface area contributed by atoms with Gasteiger partial charge in [0.2, 0.25) is 11.8 Å². The SMILES string of the molecule is COc1ccc(-n2ncc(C(=O)OCCNC(=O)CCc3ccc(C)cc3)c2C(F)(F)F)nn1. The molecule has 0 saturated carbocycles. The van der Waals surface area contributed by atoms with E-state index < -0.39 is 23.4 Å². The summed E-state index contributed by atoms with van der Waals surface area (Å²) >= 11 is 0. The Morgan fingerprint density at radius 1 is 1.09 bits per heavy atom. The molecule has 0 fully saturated rings. The topological polar surface area (TPSA) is 108 Å². The summed E-state index contributed by atoms with van der Waals surface area (Å²) in [5.74, 6) is -1.65. The van der Waals surface area contributed by atoms with E-state index in [0.717, 1.165) is 17.3 Å². The van der Waals surface area contributed by atoms with Crippen LogP contribution in [0.4, 0.5) is 13.2 Å². The van der Waals surface area contributed by atoms with Crippen LogP contribution in [0, 0.1) is 6.92 Å². The van der Waals surface area contributed by atoms with E-state index in [-0.39, 0.29) is 37.2 Å². The molecule has 34 heavy (non-hydrogen) atoms. The number of halogens is 3. The lowest BCUT2D eigenvalue weighted by Crippen LogP contribution is -2.28. The molecule has 3 rings (SSSR count). The van der Waals surface area contributed by atoms with Crippen LogP contribution in [0.2, 0.25) is 0 Å². The summed E-state index contributed by atoms with van der Waals surface area (Å²) in [5, 5.41) is 13.4. The number of benzene rings is 1. The third kappa shape index (κ3) is 6.30. The molecule has 1 N–H and O–H groups in total. The van der Waals surface area contributed by atoms with Crippen LogP contribution in [-0.4, -0.2) is 52.1 Å². The average molecular weight is 477 g/mol. The van der Waals surface area contributed by atoms with Crippen molar-refractivity contribution >= 4 is 11.9 Å². The van der Waals surface area contributed by atoms with Crippen molar-refractivity contribution < 1.29 is 32.2 Å². The molecule has 3 aromatic rings. The van der Waals surface area contributed by atoms with E-state index in [1.807, 2.05) is 31.2 Å². The number of nitrogens with one attached hydrogen (secondary N) is 1. The second kappa shape index (κ2) is 10.8. The van der Waals surface area contributed by atoms with Crippen molar-refractivity contribution in [3.05, 3.63) is 65.0 Å². The van der Waals surface area contributed by atoms with Gasteiger partial charge in [-0.15, -0.1) is 10.2 Å². The first-order chi connectivity index (χ1) is 16.2. The van der Waals surface area contributed by atoms with Crippen LogP contribution in [0.5, 0.6) is 5.88 Å². The zero-order valence-electron chi connectivity index (χ0n) is 18.4. The highest BCUT2D eigenvalue weighted by molar-refractivity contribution is 5.90. The van der Waals surface area contributed by atoms with Gasteiger partial charge in [-0.2, -0.15) is 18.3 Å². The van der Waals surface area contributed by atoms with Crippen LogP contribution in [0.1, 0.15) is 33.6 Å². The van der Waals surface area contributed by atoms with Gasteiger partial charge in [-0.05, 0) is 25.0 Å². The van der Waals surface area contributed by atoms with Gasteiger partial charge in [0, 0.05) is 12.5 Å². The first-order valence-corrected chi connectivity index (χ1v) is 10.2. The van der Waals surface area contributed by atoms with Crippen LogP contribution in [0.3, 0.4) is 0 Å². The molecule has 0 spiro atoms. The highest BCUT2D eigenvalue weighted by Crippen LogP contribution is 2.33. The summed E-state index contributed by atoms with van der Waals surface area (Å²) in [7, 11) is 1.33. The Labute approximate surface area is 192 Å². The zero-order valence-corrected chi connectivity index (χ0v) is 18.4. The van der Waals surface area contributed by atoms with Crippen molar-refractivity contribution in [2.24, 2.45) is 0 Å². The third-order valence-electron chi connectivity index (χ3n) is 4.73. The van der Waals surface area contributed by atoms with Crippen molar-refractivity contribution in [2.75, 3.05) is 20.3 Å². The Morgan fingerprint density at radius 2 is 1.82 bits per heavy atom. The van der Waals surface area contributed by atoms with Crippen molar-refractivity contribution in [1.29, 1.82) is 0 Å². The van der Waals surface area contributed by atoms with Crippen molar-refractivity contribution in [3.63, 3.8) is 0 Å². The first kappa shape index (κ1) is 24.7. The fourth-order valence-electron chi connectivity index (χ4n) is 2.99. The number of aryl methyl sites for hydroxylation is 2. The Kier molecular flexibility index (Phi) is 7.82. The number of hydrogen-bond acceptors (Lipinski definition) is 7. The maximum atomic E-state index is 13.7. The van der Waals surface area contributed by atoms with Gasteiger partial charge in [-0.3, -0.25) is 4.79 Å². The Balaban J connectivity index is 1.56. The molecular formula is C22H22F3N5O4. The van der Waals surface area contributed by atoms with Crippen molar-refractivity contribution in [1.82, 2.24) is 25.3 Å². The molecule has 0 atom stereocenters. The minimum atomic E-state index is -4.92. The van der Waals surface area contributed by atoms with Gasteiger partial charge < -0.3 is 14.8 Å². The van der Waals surface area contributed by atoms with E-state index in [0.29, 0.717) is 11.1 Å². The molecule has 2 heterocycles. The fourth-order valence-corrected chi connectivity index (χ4v) is 2.99. The second-order valence-corrected chi connectivity index (χ2v) is 7.22. The molecular weight excluding hydrogens is 455 g/mol. The van der Waals surface area contributed by atoms with Crippen LogP contribution in [0.15, 0.2) is 42.6 Å². The number of esters is 1. The molecule has 0 bridgehead atoms. The highest BCUT2D eigenvalue weighted by Gasteiger charge is 2.41. The van der Waals surface area contributed by atoms with E-state index >= 15 is 0 Å². The van der Waals surface area contributed by atoms with Crippen LogP contribution in [-0.2, 0) is 22.1 Å². The molecule has 2 aromatic heterocycles. The van der Waals surface area contributed by atoms with Gasteiger partial charge in [0.1, 0.15) is 12.2 Å². The normalized spacial score (nSPS) is 11.2. The largest absolute Gasteiger partial charge is 0.480 e. The van der Waals surface area contributed by atoms with E-state index in [2.05, 4.69) is 20.6 Å². The lowest BCUT2D eigenvalue weighted by atomic mass is 10.1. The van der Waals surface area contributed by atoms with Crippen molar-refractivity contribution in [3.8, 4) is 11.7 Å². The summed E-state index contributed by atoms with van der Waals surface area (Å²) < 4.78 is 51.2. The summed E-state index contributed by atoms with van der Waals surface area (Å²) in [6, 6.07) is 10.3. The molecule has 0 unspecified atom stereocenters. The lowest BCUT2D eigenvalue weighted by Gasteiger charge is -2.12.